The third-order valence-electron chi connectivity index (χ3n) is 4.41. The van der Waals surface area contributed by atoms with Crippen LogP contribution in [-0.2, 0) is 6.42 Å². The number of imidazole rings is 1. The molecule has 18 heavy (non-hydrogen) atoms. The van der Waals surface area contributed by atoms with Crippen LogP contribution >= 0.6 is 0 Å². The molecule has 1 fully saturated rings. The van der Waals surface area contributed by atoms with Crippen LogP contribution in [0.2, 0.25) is 0 Å². The van der Waals surface area contributed by atoms with Crippen molar-refractivity contribution in [3.63, 3.8) is 0 Å². The molecule has 0 aliphatic carbocycles. The maximum atomic E-state index is 10.2. The van der Waals surface area contributed by atoms with Crippen molar-refractivity contribution in [2.75, 3.05) is 13.1 Å². The van der Waals surface area contributed by atoms with Crippen LogP contribution in [0, 0.1) is 0 Å². The number of aryl methyl sites for hydroxylation is 1. The van der Waals surface area contributed by atoms with Gasteiger partial charge in [-0.2, -0.15) is 0 Å². The zero-order valence-corrected chi connectivity index (χ0v) is 11.3. The number of hydrogen-bond donors (Lipinski definition) is 1. The Hall–Kier alpha value is -0.870. The van der Waals surface area contributed by atoms with Crippen LogP contribution in [0.3, 0.4) is 0 Å². The van der Waals surface area contributed by atoms with E-state index < -0.39 is 0 Å². The van der Waals surface area contributed by atoms with E-state index in [4.69, 9.17) is 0 Å². The SMILES string of the molecule is CC(C)N1CCC(c2ncc3n2C(O)CCC3)C1. The normalized spacial score (nSPS) is 28.9. The molecule has 2 aliphatic heterocycles. The lowest BCUT2D eigenvalue weighted by molar-refractivity contribution is 0.0745. The van der Waals surface area contributed by atoms with Gasteiger partial charge in [-0.05, 0) is 46.1 Å². The lowest BCUT2D eigenvalue weighted by Crippen LogP contribution is -2.28. The van der Waals surface area contributed by atoms with Crippen molar-refractivity contribution in [2.45, 2.75) is 57.7 Å². The second-order valence-corrected chi connectivity index (χ2v) is 5.92. The molecule has 1 aromatic heterocycles. The summed E-state index contributed by atoms with van der Waals surface area (Å²) in [6.07, 6.45) is 5.80. The fraction of sp³-hybridized carbons (Fsp3) is 0.786. The standard InChI is InChI=1S/C14H23N3O/c1-10(2)16-7-6-11(9-16)14-15-8-12-4-3-5-13(18)17(12)14/h8,10-11,13,18H,3-7,9H2,1-2H3. The average Bonchev–Trinajstić information content (AvgIpc) is 2.94. The van der Waals surface area contributed by atoms with Crippen molar-refractivity contribution in [1.29, 1.82) is 0 Å². The summed E-state index contributed by atoms with van der Waals surface area (Å²) >= 11 is 0. The predicted molar refractivity (Wildman–Crippen MR) is 70.5 cm³/mol. The van der Waals surface area contributed by atoms with Gasteiger partial charge >= 0.3 is 0 Å². The first-order valence-electron chi connectivity index (χ1n) is 7.15. The predicted octanol–water partition coefficient (Wildman–Crippen LogP) is 1.91. The fourth-order valence-electron chi connectivity index (χ4n) is 3.31. The smallest absolute Gasteiger partial charge is 0.132 e. The Kier molecular flexibility index (Phi) is 3.16. The number of aromatic nitrogens is 2. The summed E-state index contributed by atoms with van der Waals surface area (Å²) in [7, 11) is 0. The third-order valence-corrected chi connectivity index (χ3v) is 4.41. The van der Waals surface area contributed by atoms with Gasteiger partial charge in [0.25, 0.3) is 0 Å². The van der Waals surface area contributed by atoms with Crippen LogP contribution in [0.15, 0.2) is 6.20 Å². The summed E-state index contributed by atoms with van der Waals surface area (Å²) in [5.41, 5.74) is 1.21. The molecule has 2 aliphatic rings. The molecule has 3 heterocycles. The summed E-state index contributed by atoms with van der Waals surface area (Å²) in [6.45, 7) is 6.73. The van der Waals surface area contributed by atoms with Gasteiger partial charge in [0.05, 0.1) is 0 Å². The minimum absolute atomic E-state index is 0.348. The second kappa shape index (κ2) is 4.67. The van der Waals surface area contributed by atoms with E-state index in [2.05, 4.69) is 28.3 Å². The average molecular weight is 249 g/mol. The molecule has 0 spiro atoms. The Labute approximate surface area is 109 Å². The maximum Gasteiger partial charge on any atom is 0.132 e. The molecule has 1 N–H and O–H groups in total. The molecule has 0 bridgehead atoms. The van der Waals surface area contributed by atoms with Gasteiger partial charge in [-0.3, -0.25) is 0 Å². The molecule has 0 amide bonds. The topological polar surface area (TPSA) is 41.3 Å². The molecule has 0 radical (unpaired) electrons. The van der Waals surface area contributed by atoms with E-state index in [-0.39, 0.29) is 6.23 Å². The molecule has 1 saturated heterocycles. The molecule has 0 saturated carbocycles. The van der Waals surface area contributed by atoms with Gasteiger partial charge in [0.1, 0.15) is 12.1 Å². The summed E-state index contributed by atoms with van der Waals surface area (Å²) in [6, 6.07) is 0.607. The van der Waals surface area contributed by atoms with Crippen molar-refractivity contribution >= 4 is 0 Å². The summed E-state index contributed by atoms with van der Waals surface area (Å²) in [5, 5.41) is 10.2. The van der Waals surface area contributed by atoms with Gasteiger partial charge in [-0.1, -0.05) is 0 Å². The molecule has 0 aromatic carbocycles. The van der Waals surface area contributed by atoms with E-state index in [1.54, 1.807) is 0 Å². The quantitative estimate of drug-likeness (QED) is 0.870. The Morgan fingerprint density at radius 2 is 2.22 bits per heavy atom. The molecule has 3 rings (SSSR count). The highest BCUT2D eigenvalue weighted by atomic mass is 16.3. The number of hydrogen-bond acceptors (Lipinski definition) is 3. The molecular weight excluding hydrogens is 226 g/mol. The molecule has 4 heteroatoms. The highest BCUT2D eigenvalue weighted by Crippen LogP contribution is 2.32. The Balaban J connectivity index is 1.84. The Bertz CT molecular complexity index is 427. The van der Waals surface area contributed by atoms with Crippen molar-refractivity contribution in [1.82, 2.24) is 14.5 Å². The zero-order chi connectivity index (χ0) is 12.7. The van der Waals surface area contributed by atoms with Gasteiger partial charge in [-0.25, -0.2) is 4.98 Å². The van der Waals surface area contributed by atoms with Crippen LogP contribution in [0.1, 0.15) is 56.8 Å². The summed E-state index contributed by atoms with van der Waals surface area (Å²) in [4.78, 5) is 7.10. The number of likely N-dealkylation sites (tertiary alicyclic amines) is 1. The fourth-order valence-corrected chi connectivity index (χ4v) is 3.31. The van der Waals surface area contributed by atoms with Crippen molar-refractivity contribution in [2.24, 2.45) is 0 Å². The first kappa shape index (κ1) is 12.2. The Morgan fingerprint density at radius 3 is 2.94 bits per heavy atom. The molecule has 100 valence electrons. The number of nitrogens with zero attached hydrogens (tertiary/aromatic N) is 3. The third kappa shape index (κ3) is 1.97. The number of aliphatic hydroxyl groups is 1. The molecule has 2 atom stereocenters. The van der Waals surface area contributed by atoms with E-state index in [1.807, 2.05) is 6.20 Å². The van der Waals surface area contributed by atoms with Crippen molar-refractivity contribution < 1.29 is 5.11 Å². The molecule has 2 unspecified atom stereocenters. The lowest BCUT2D eigenvalue weighted by atomic mass is 10.1. The minimum Gasteiger partial charge on any atom is -0.373 e. The van der Waals surface area contributed by atoms with Gasteiger partial charge in [-0.15, -0.1) is 0 Å². The van der Waals surface area contributed by atoms with E-state index in [1.165, 1.54) is 12.1 Å². The van der Waals surface area contributed by atoms with Gasteiger partial charge < -0.3 is 14.6 Å². The zero-order valence-electron chi connectivity index (χ0n) is 11.3. The van der Waals surface area contributed by atoms with Crippen LogP contribution in [-0.4, -0.2) is 38.7 Å². The first-order valence-corrected chi connectivity index (χ1v) is 7.15. The van der Waals surface area contributed by atoms with E-state index >= 15 is 0 Å². The summed E-state index contributed by atoms with van der Waals surface area (Å²) in [5.74, 6) is 1.61. The van der Waals surface area contributed by atoms with Crippen LogP contribution in [0.4, 0.5) is 0 Å². The maximum absolute atomic E-state index is 10.2. The molecule has 1 aromatic rings. The molecular formula is C14H23N3O. The highest BCUT2D eigenvalue weighted by Gasteiger charge is 2.31. The number of fused-ring (bicyclic) bond motifs is 1. The Morgan fingerprint density at radius 1 is 1.39 bits per heavy atom. The minimum atomic E-state index is -0.348. The van der Waals surface area contributed by atoms with Crippen LogP contribution < -0.4 is 0 Å². The van der Waals surface area contributed by atoms with E-state index in [9.17, 15) is 5.11 Å². The van der Waals surface area contributed by atoms with Gasteiger partial charge in [0, 0.05) is 30.4 Å². The monoisotopic (exact) mass is 249 g/mol. The van der Waals surface area contributed by atoms with E-state index in [0.29, 0.717) is 12.0 Å². The van der Waals surface area contributed by atoms with Crippen molar-refractivity contribution in [3.05, 3.63) is 17.7 Å². The number of aliphatic hydroxyl groups excluding tert-OH is 1. The number of rotatable bonds is 2. The largest absolute Gasteiger partial charge is 0.373 e. The molecule has 4 nitrogen and oxygen atoms in total. The second-order valence-electron chi connectivity index (χ2n) is 5.92. The van der Waals surface area contributed by atoms with Crippen molar-refractivity contribution in [3.8, 4) is 0 Å². The lowest BCUT2D eigenvalue weighted by Gasteiger charge is -2.25. The van der Waals surface area contributed by atoms with E-state index in [0.717, 1.165) is 38.2 Å². The van der Waals surface area contributed by atoms with Gasteiger partial charge in [0.15, 0.2) is 0 Å². The van der Waals surface area contributed by atoms with Crippen LogP contribution in [0.5, 0.6) is 0 Å². The van der Waals surface area contributed by atoms with Gasteiger partial charge in [0.2, 0.25) is 0 Å². The highest BCUT2D eigenvalue weighted by molar-refractivity contribution is 5.14. The van der Waals surface area contributed by atoms with Crippen LogP contribution in [0.25, 0.3) is 0 Å². The summed E-state index contributed by atoms with van der Waals surface area (Å²) < 4.78 is 2.10. The first-order chi connectivity index (χ1) is 8.66.